The van der Waals surface area contributed by atoms with E-state index in [4.69, 9.17) is 0 Å². The minimum absolute atomic E-state index is 0.0132. The van der Waals surface area contributed by atoms with Gasteiger partial charge in [0.2, 0.25) is 0 Å². The van der Waals surface area contributed by atoms with Crippen LogP contribution in [0.2, 0.25) is 0 Å². The molecular formula is C31H25FN6O. The molecule has 3 aromatic carbocycles. The summed E-state index contributed by atoms with van der Waals surface area (Å²) >= 11 is 0. The molecule has 39 heavy (non-hydrogen) atoms. The third-order valence-electron chi connectivity index (χ3n) is 6.85. The number of pyridine rings is 1. The van der Waals surface area contributed by atoms with Crippen LogP contribution in [0.4, 0.5) is 10.2 Å². The van der Waals surface area contributed by atoms with Gasteiger partial charge in [0.15, 0.2) is 0 Å². The zero-order valence-electron chi connectivity index (χ0n) is 21.4. The summed E-state index contributed by atoms with van der Waals surface area (Å²) in [5.74, 6) is -0.0229. The molecule has 0 saturated carbocycles. The van der Waals surface area contributed by atoms with Crippen molar-refractivity contribution in [3.05, 3.63) is 120 Å². The summed E-state index contributed by atoms with van der Waals surface area (Å²) in [4.78, 5) is 31.3. The molecule has 3 heterocycles. The van der Waals surface area contributed by atoms with Gasteiger partial charge in [-0.3, -0.25) is 9.36 Å². The van der Waals surface area contributed by atoms with Crippen molar-refractivity contribution in [2.75, 3.05) is 5.32 Å². The lowest BCUT2D eigenvalue weighted by Crippen LogP contribution is -2.29. The van der Waals surface area contributed by atoms with E-state index in [1.807, 2.05) is 54.6 Å². The molecule has 0 aliphatic carbocycles. The first-order chi connectivity index (χ1) is 19.0. The summed E-state index contributed by atoms with van der Waals surface area (Å²) in [6.07, 6.45) is 6.29. The molecule has 0 saturated heterocycles. The van der Waals surface area contributed by atoms with Crippen LogP contribution in [0, 0.1) is 11.7 Å². The van der Waals surface area contributed by atoms with Crippen LogP contribution in [0.1, 0.15) is 25.6 Å². The van der Waals surface area contributed by atoms with Gasteiger partial charge in [0, 0.05) is 29.3 Å². The molecule has 0 aliphatic heterocycles. The maximum atomic E-state index is 14.9. The van der Waals surface area contributed by atoms with E-state index in [0.29, 0.717) is 22.1 Å². The highest BCUT2D eigenvalue weighted by molar-refractivity contribution is 5.96. The lowest BCUT2D eigenvalue weighted by molar-refractivity contribution is 0.523. The van der Waals surface area contributed by atoms with Crippen molar-refractivity contribution in [3.8, 4) is 16.8 Å². The number of benzene rings is 3. The number of halogens is 1. The number of hydrogen-bond acceptors (Lipinski definition) is 6. The third-order valence-corrected chi connectivity index (χ3v) is 6.85. The van der Waals surface area contributed by atoms with E-state index in [9.17, 15) is 9.18 Å². The molecule has 0 spiro atoms. The molecule has 0 fully saturated rings. The number of aromatic nitrogens is 5. The lowest BCUT2D eigenvalue weighted by atomic mass is 9.95. The van der Waals surface area contributed by atoms with Crippen LogP contribution in [0.15, 0.2) is 103 Å². The number of para-hydroxylation sites is 1. The van der Waals surface area contributed by atoms with Gasteiger partial charge in [-0.15, -0.1) is 0 Å². The van der Waals surface area contributed by atoms with Crippen molar-refractivity contribution >= 4 is 27.5 Å². The average Bonchev–Trinajstić information content (AvgIpc) is 2.96. The van der Waals surface area contributed by atoms with Crippen molar-refractivity contribution in [2.45, 2.75) is 19.9 Å². The summed E-state index contributed by atoms with van der Waals surface area (Å²) in [6, 6.07) is 21.7. The van der Waals surface area contributed by atoms with Gasteiger partial charge in [0.05, 0.1) is 22.3 Å². The monoisotopic (exact) mass is 516 g/mol. The second-order valence-corrected chi connectivity index (χ2v) is 9.66. The second-order valence-electron chi connectivity index (χ2n) is 9.66. The van der Waals surface area contributed by atoms with Crippen LogP contribution >= 0.6 is 0 Å². The molecule has 0 bridgehead atoms. The Kier molecular flexibility index (Phi) is 6.28. The topological polar surface area (TPSA) is 85.6 Å². The molecule has 192 valence electrons. The molecule has 6 rings (SSSR count). The molecule has 7 nitrogen and oxygen atoms in total. The second kappa shape index (κ2) is 10.1. The van der Waals surface area contributed by atoms with Crippen LogP contribution < -0.4 is 10.9 Å². The SMILES string of the molecule is CC(C)C(Nc1ncnc2cccc(F)c12)c1cc2cccc(-c3cncnc3)c2c(=O)n1-c1ccccc1. The molecule has 3 aromatic heterocycles. The highest BCUT2D eigenvalue weighted by Gasteiger charge is 2.25. The van der Waals surface area contributed by atoms with E-state index in [1.54, 1.807) is 29.1 Å². The molecule has 1 unspecified atom stereocenters. The van der Waals surface area contributed by atoms with Gasteiger partial charge in [0.25, 0.3) is 5.56 Å². The van der Waals surface area contributed by atoms with Crippen LogP contribution in [0.3, 0.4) is 0 Å². The van der Waals surface area contributed by atoms with Gasteiger partial charge in [-0.2, -0.15) is 0 Å². The zero-order valence-corrected chi connectivity index (χ0v) is 21.4. The molecule has 1 N–H and O–H groups in total. The lowest BCUT2D eigenvalue weighted by Gasteiger charge is -2.28. The van der Waals surface area contributed by atoms with Gasteiger partial charge in [-0.1, -0.05) is 56.3 Å². The summed E-state index contributed by atoms with van der Waals surface area (Å²) in [5, 5.41) is 5.12. The van der Waals surface area contributed by atoms with Crippen molar-refractivity contribution in [3.63, 3.8) is 0 Å². The number of anilines is 1. The normalized spacial score (nSPS) is 12.2. The van der Waals surface area contributed by atoms with Crippen molar-refractivity contribution in [1.82, 2.24) is 24.5 Å². The molecule has 6 aromatic rings. The van der Waals surface area contributed by atoms with Crippen molar-refractivity contribution < 1.29 is 4.39 Å². The summed E-state index contributed by atoms with van der Waals surface area (Å²) in [7, 11) is 0. The van der Waals surface area contributed by atoms with Crippen LogP contribution in [-0.4, -0.2) is 24.5 Å². The van der Waals surface area contributed by atoms with Gasteiger partial charge < -0.3 is 5.32 Å². The predicted octanol–water partition coefficient (Wildman–Crippen LogP) is 6.34. The van der Waals surface area contributed by atoms with E-state index < -0.39 is 5.82 Å². The standard InChI is InChI=1S/C31H25FN6O/c1-19(2)29(37-30-28-24(32)12-7-13-25(28)35-18-36-30)26-14-20-8-6-11-23(21-15-33-17-34-16-21)27(20)31(39)38(26)22-9-4-3-5-10-22/h3-19,29H,1-2H3,(H,35,36,37). The van der Waals surface area contributed by atoms with Crippen LogP contribution in [0.25, 0.3) is 38.5 Å². The first-order valence-electron chi connectivity index (χ1n) is 12.7. The van der Waals surface area contributed by atoms with E-state index in [0.717, 1.165) is 27.9 Å². The molecule has 0 aliphatic rings. The van der Waals surface area contributed by atoms with Gasteiger partial charge in [0.1, 0.15) is 24.3 Å². The minimum atomic E-state index is -0.410. The zero-order chi connectivity index (χ0) is 26.9. The molecule has 1 atom stereocenters. The Labute approximate surface area is 224 Å². The van der Waals surface area contributed by atoms with E-state index in [-0.39, 0.29) is 17.5 Å². The smallest absolute Gasteiger partial charge is 0.263 e. The maximum Gasteiger partial charge on any atom is 0.263 e. The average molecular weight is 517 g/mol. The van der Waals surface area contributed by atoms with Crippen LogP contribution in [-0.2, 0) is 0 Å². The molecule has 8 heteroatoms. The Hall–Kier alpha value is -4.98. The maximum absolute atomic E-state index is 14.9. The quantitative estimate of drug-likeness (QED) is 0.278. The number of nitrogens with zero attached hydrogens (tertiary/aromatic N) is 5. The van der Waals surface area contributed by atoms with Gasteiger partial charge in [-0.25, -0.2) is 24.3 Å². The van der Waals surface area contributed by atoms with Gasteiger partial charge >= 0.3 is 0 Å². The number of rotatable bonds is 6. The first kappa shape index (κ1) is 24.4. The number of nitrogens with one attached hydrogen (secondary N) is 1. The Morgan fingerprint density at radius 3 is 2.38 bits per heavy atom. The first-order valence-corrected chi connectivity index (χ1v) is 12.7. The number of hydrogen-bond donors (Lipinski definition) is 1. The highest BCUT2D eigenvalue weighted by atomic mass is 19.1. The largest absolute Gasteiger partial charge is 0.361 e. The van der Waals surface area contributed by atoms with Crippen LogP contribution in [0.5, 0.6) is 0 Å². The Bertz CT molecular complexity index is 1850. The van der Waals surface area contributed by atoms with Crippen molar-refractivity contribution in [2.24, 2.45) is 5.92 Å². The molecular weight excluding hydrogens is 491 g/mol. The molecule has 0 radical (unpaired) electrons. The highest BCUT2D eigenvalue weighted by Crippen LogP contribution is 2.34. The van der Waals surface area contributed by atoms with E-state index >= 15 is 0 Å². The Balaban J connectivity index is 1.62. The minimum Gasteiger partial charge on any atom is -0.361 e. The fourth-order valence-electron chi connectivity index (χ4n) is 5.04. The summed E-state index contributed by atoms with van der Waals surface area (Å²) in [5.41, 5.74) is 3.31. The van der Waals surface area contributed by atoms with E-state index in [2.05, 4.69) is 39.1 Å². The Morgan fingerprint density at radius 1 is 0.846 bits per heavy atom. The van der Waals surface area contributed by atoms with Crippen molar-refractivity contribution in [1.29, 1.82) is 0 Å². The van der Waals surface area contributed by atoms with Gasteiger partial charge in [-0.05, 0) is 47.2 Å². The van der Waals surface area contributed by atoms with E-state index in [1.165, 1.54) is 18.7 Å². The Morgan fingerprint density at radius 2 is 1.62 bits per heavy atom. The predicted molar refractivity (Wildman–Crippen MR) is 151 cm³/mol. The fraction of sp³-hybridized carbons (Fsp3) is 0.129. The number of fused-ring (bicyclic) bond motifs is 2. The summed E-state index contributed by atoms with van der Waals surface area (Å²) < 4.78 is 16.7. The molecule has 0 amide bonds. The third kappa shape index (κ3) is 4.40. The summed E-state index contributed by atoms with van der Waals surface area (Å²) in [6.45, 7) is 4.11. The fourth-order valence-corrected chi connectivity index (χ4v) is 5.04.